The zero-order valence-electron chi connectivity index (χ0n) is 17.2. The second-order valence-electron chi connectivity index (χ2n) is 7.18. The quantitative estimate of drug-likeness (QED) is 0.401. The minimum absolute atomic E-state index is 0.0105. The van der Waals surface area contributed by atoms with Gasteiger partial charge in [0.05, 0.1) is 16.3 Å². The van der Waals surface area contributed by atoms with E-state index in [1.165, 1.54) is 42.1 Å². The smallest absolute Gasteiger partial charge is 0.354 e. The van der Waals surface area contributed by atoms with E-state index in [1.807, 2.05) is 0 Å². The molecule has 3 aromatic heterocycles. The Kier molecular flexibility index (Phi) is 5.36. The van der Waals surface area contributed by atoms with Crippen molar-refractivity contribution in [1.82, 2.24) is 19.7 Å². The maximum Gasteiger partial charge on any atom is 0.433 e. The van der Waals surface area contributed by atoms with Crippen LogP contribution in [0.3, 0.4) is 0 Å². The average molecular weight is 478 g/mol. The van der Waals surface area contributed by atoms with Gasteiger partial charge in [-0.2, -0.15) is 13.2 Å². The molecule has 3 heterocycles. The molecule has 0 saturated heterocycles. The van der Waals surface area contributed by atoms with Crippen LogP contribution in [0.15, 0.2) is 58.2 Å². The number of aromatic amines is 1. The lowest BCUT2D eigenvalue weighted by Crippen LogP contribution is -2.12. The van der Waals surface area contributed by atoms with Crippen LogP contribution in [0.2, 0.25) is 0 Å². The molecule has 0 fully saturated rings. The van der Waals surface area contributed by atoms with Crippen molar-refractivity contribution in [2.24, 2.45) is 7.05 Å². The number of para-hydroxylation sites is 1. The van der Waals surface area contributed by atoms with Crippen molar-refractivity contribution in [2.75, 3.05) is 16.9 Å². The molecule has 0 aliphatic heterocycles. The number of rotatable bonds is 5. The van der Waals surface area contributed by atoms with Gasteiger partial charge in [-0.05, 0) is 24.3 Å². The number of hydrogen-bond acceptors (Lipinski definition) is 7. The highest BCUT2D eigenvalue weighted by atomic mass is 32.2. The van der Waals surface area contributed by atoms with E-state index in [0.29, 0.717) is 0 Å². The number of fused-ring (bicyclic) bond motifs is 1. The summed E-state index contributed by atoms with van der Waals surface area (Å²) in [5, 5.41) is 8.54. The number of benzene rings is 1. The molecule has 3 N–H and O–H groups in total. The molecule has 13 heteroatoms. The Morgan fingerprint density at radius 2 is 1.70 bits per heavy atom. The monoisotopic (exact) mass is 478 g/mol. The van der Waals surface area contributed by atoms with Gasteiger partial charge >= 0.3 is 6.18 Å². The number of halogens is 3. The first-order valence-corrected chi connectivity index (χ1v) is 11.3. The maximum absolute atomic E-state index is 13.0. The van der Waals surface area contributed by atoms with Gasteiger partial charge in [-0.15, -0.1) is 0 Å². The highest BCUT2D eigenvalue weighted by molar-refractivity contribution is 7.90. The minimum atomic E-state index is -4.62. The molecule has 1 aromatic carbocycles. The molecular weight excluding hydrogens is 461 g/mol. The number of nitrogens with zero attached hydrogens (tertiary/aromatic N) is 3. The summed E-state index contributed by atoms with van der Waals surface area (Å²) in [6, 6.07) is 10.9. The van der Waals surface area contributed by atoms with Crippen molar-refractivity contribution in [3.63, 3.8) is 0 Å². The summed E-state index contributed by atoms with van der Waals surface area (Å²) < 4.78 is 64.5. The van der Waals surface area contributed by atoms with Crippen molar-refractivity contribution in [2.45, 2.75) is 11.1 Å². The van der Waals surface area contributed by atoms with Gasteiger partial charge < -0.3 is 10.6 Å². The molecule has 4 rings (SSSR count). The lowest BCUT2D eigenvalue weighted by Gasteiger charge is -2.13. The van der Waals surface area contributed by atoms with Crippen molar-refractivity contribution in [3.05, 3.63) is 64.6 Å². The molecule has 0 radical (unpaired) electrons. The van der Waals surface area contributed by atoms with Crippen LogP contribution in [-0.2, 0) is 23.1 Å². The van der Waals surface area contributed by atoms with E-state index in [2.05, 4.69) is 25.7 Å². The van der Waals surface area contributed by atoms with Crippen molar-refractivity contribution in [3.8, 4) is 0 Å². The first-order chi connectivity index (χ1) is 15.4. The van der Waals surface area contributed by atoms with Crippen LogP contribution >= 0.6 is 0 Å². The number of sulfone groups is 1. The van der Waals surface area contributed by atoms with E-state index in [0.717, 1.165) is 12.3 Å². The molecule has 0 atom stereocenters. The van der Waals surface area contributed by atoms with Crippen LogP contribution in [0.5, 0.6) is 0 Å². The minimum Gasteiger partial charge on any atom is -0.354 e. The molecule has 0 bridgehead atoms. The summed E-state index contributed by atoms with van der Waals surface area (Å²) in [4.78, 5) is 20.4. The molecule has 33 heavy (non-hydrogen) atoms. The second kappa shape index (κ2) is 7.92. The Labute approximate surface area is 185 Å². The molecule has 0 unspecified atom stereocenters. The van der Waals surface area contributed by atoms with E-state index in [1.54, 1.807) is 12.1 Å². The van der Waals surface area contributed by atoms with Crippen molar-refractivity contribution >= 4 is 43.9 Å². The number of hydrogen-bond donors (Lipinski definition) is 3. The Morgan fingerprint density at radius 3 is 2.39 bits per heavy atom. The molecule has 0 aliphatic carbocycles. The van der Waals surface area contributed by atoms with Crippen LogP contribution in [0.25, 0.3) is 11.0 Å². The average Bonchev–Trinajstić information content (AvgIpc) is 3.01. The molecular formula is C20H17F3N6O3S. The third-order valence-electron chi connectivity index (χ3n) is 4.66. The van der Waals surface area contributed by atoms with Crippen LogP contribution in [0.1, 0.15) is 5.69 Å². The standard InChI is InChI=1S/C20H17F3N6O3S/c1-29-19(30)17-12(24-11-6-3-4-7-13(11)33(2,31)32)10-16(27-18(17)28-29)26-15-9-5-8-14(25-15)20(21,22)23/h3-10H,1-2H3,(H3,24,25,26,27,28). The fourth-order valence-electron chi connectivity index (χ4n) is 3.21. The molecule has 0 aliphatic rings. The molecule has 4 aromatic rings. The van der Waals surface area contributed by atoms with Gasteiger partial charge in [-0.3, -0.25) is 14.6 Å². The van der Waals surface area contributed by atoms with Crippen LogP contribution in [0.4, 0.5) is 36.2 Å². The van der Waals surface area contributed by atoms with Gasteiger partial charge in [0.1, 0.15) is 22.7 Å². The number of aryl methyl sites for hydroxylation is 1. The SMILES string of the molecule is Cn1[nH]c2nc(Nc3cccc(C(F)(F)F)n3)cc(Nc3ccccc3S(C)(=O)=O)c2c1=O. The molecule has 0 saturated carbocycles. The van der Waals surface area contributed by atoms with Gasteiger partial charge in [0.15, 0.2) is 15.5 Å². The first-order valence-electron chi connectivity index (χ1n) is 9.40. The molecule has 9 nitrogen and oxygen atoms in total. The van der Waals surface area contributed by atoms with E-state index in [9.17, 15) is 26.4 Å². The Hall–Kier alpha value is -3.87. The summed E-state index contributed by atoms with van der Waals surface area (Å²) in [6.45, 7) is 0. The van der Waals surface area contributed by atoms with Gasteiger partial charge in [-0.1, -0.05) is 18.2 Å². The number of aromatic nitrogens is 4. The molecule has 172 valence electrons. The normalized spacial score (nSPS) is 12.2. The lowest BCUT2D eigenvalue weighted by molar-refractivity contribution is -0.141. The zero-order chi connectivity index (χ0) is 24.0. The maximum atomic E-state index is 13.0. The van der Waals surface area contributed by atoms with Crippen LogP contribution in [0, 0.1) is 0 Å². The highest BCUT2D eigenvalue weighted by Crippen LogP contribution is 2.31. The lowest BCUT2D eigenvalue weighted by atomic mass is 10.2. The topological polar surface area (TPSA) is 122 Å². The van der Waals surface area contributed by atoms with Crippen LogP contribution < -0.4 is 16.2 Å². The van der Waals surface area contributed by atoms with Gasteiger partial charge in [0.25, 0.3) is 5.56 Å². The van der Waals surface area contributed by atoms with Gasteiger partial charge in [-0.25, -0.2) is 18.4 Å². The summed E-state index contributed by atoms with van der Waals surface area (Å²) in [6.07, 6.45) is -3.57. The van der Waals surface area contributed by atoms with Gasteiger partial charge in [0.2, 0.25) is 0 Å². The summed E-state index contributed by atoms with van der Waals surface area (Å²) in [5.41, 5.74) is -0.951. The predicted molar refractivity (Wildman–Crippen MR) is 117 cm³/mol. The number of anilines is 4. The molecule has 0 spiro atoms. The number of H-pyrrole nitrogens is 1. The number of pyridine rings is 2. The summed E-state index contributed by atoms with van der Waals surface area (Å²) >= 11 is 0. The summed E-state index contributed by atoms with van der Waals surface area (Å²) in [7, 11) is -2.12. The fourth-order valence-corrected chi connectivity index (χ4v) is 4.06. The van der Waals surface area contributed by atoms with Gasteiger partial charge in [0, 0.05) is 19.4 Å². The highest BCUT2D eigenvalue weighted by Gasteiger charge is 2.32. The summed E-state index contributed by atoms with van der Waals surface area (Å²) in [5.74, 6) is -0.0343. The van der Waals surface area contributed by atoms with Crippen molar-refractivity contribution < 1.29 is 21.6 Å². The Morgan fingerprint density at radius 1 is 0.970 bits per heavy atom. The predicted octanol–water partition coefficient (Wildman–Crippen LogP) is 3.57. The third-order valence-corrected chi connectivity index (χ3v) is 5.82. The molecule has 0 amide bonds. The number of alkyl halides is 3. The first kappa shape index (κ1) is 22.3. The van der Waals surface area contributed by atoms with Crippen LogP contribution in [-0.4, -0.2) is 34.4 Å². The third kappa shape index (κ3) is 4.53. The van der Waals surface area contributed by atoms with E-state index in [-0.39, 0.29) is 38.9 Å². The van der Waals surface area contributed by atoms with Crippen molar-refractivity contribution in [1.29, 1.82) is 0 Å². The Balaban J connectivity index is 1.82. The number of nitrogens with one attached hydrogen (secondary N) is 3. The zero-order valence-corrected chi connectivity index (χ0v) is 18.0. The van der Waals surface area contributed by atoms with E-state index >= 15 is 0 Å². The van der Waals surface area contributed by atoms with E-state index in [4.69, 9.17) is 0 Å². The Bertz CT molecular complexity index is 1530. The fraction of sp³-hybridized carbons (Fsp3) is 0.150. The van der Waals surface area contributed by atoms with E-state index < -0.39 is 27.3 Å². The second-order valence-corrected chi connectivity index (χ2v) is 9.16. The largest absolute Gasteiger partial charge is 0.433 e.